The van der Waals surface area contributed by atoms with Crippen LogP contribution in [0, 0.1) is 18.3 Å². The van der Waals surface area contributed by atoms with Crippen LogP contribution in [-0.4, -0.2) is 12.5 Å². The smallest absolute Gasteiger partial charge is 0.259 e. The van der Waals surface area contributed by atoms with E-state index < -0.39 is 0 Å². The summed E-state index contributed by atoms with van der Waals surface area (Å²) in [6.07, 6.45) is 0.268. The van der Waals surface area contributed by atoms with E-state index in [1.165, 1.54) is 0 Å². The number of rotatable bonds is 4. The maximum absolute atomic E-state index is 12.7. The van der Waals surface area contributed by atoms with Crippen molar-refractivity contribution in [2.24, 2.45) is 0 Å². The molecule has 0 bridgehead atoms. The molecule has 21 heavy (non-hydrogen) atoms. The number of anilines is 1. The first-order chi connectivity index (χ1) is 10.1. The summed E-state index contributed by atoms with van der Waals surface area (Å²) in [5, 5.41) is 9.22. The molecule has 1 amide bonds. The van der Waals surface area contributed by atoms with Crippen molar-refractivity contribution >= 4 is 23.2 Å². The number of nitriles is 1. The Kier molecular flexibility index (Phi) is 4.97. The van der Waals surface area contributed by atoms with E-state index >= 15 is 0 Å². The fraction of sp³-hybridized carbons (Fsp3) is 0.176. The largest absolute Gasteiger partial charge is 0.307 e. The van der Waals surface area contributed by atoms with Gasteiger partial charge in [0.2, 0.25) is 0 Å². The highest BCUT2D eigenvalue weighted by Gasteiger charge is 2.19. The minimum atomic E-state index is -0.193. The van der Waals surface area contributed by atoms with Crippen LogP contribution in [0.4, 0.5) is 5.69 Å². The molecule has 0 fully saturated rings. The van der Waals surface area contributed by atoms with E-state index in [1.807, 2.05) is 43.3 Å². The van der Waals surface area contributed by atoms with Crippen LogP contribution < -0.4 is 4.90 Å². The van der Waals surface area contributed by atoms with Gasteiger partial charge in [-0.3, -0.25) is 4.79 Å². The highest BCUT2D eigenvalue weighted by molar-refractivity contribution is 6.34. The second-order valence-corrected chi connectivity index (χ2v) is 5.09. The molecule has 0 saturated carbocycles. The maximum Gasteiger partial charge on any atom is 0.259 e. The SMILES string of the molecule is Cc1ccc(C(=O)N(CCC#N)c2ccccc2)c(Cl)c1. The van der Waals surface area contributed by atoms with Gasteiger partial charge in [-0.1, -0.05) is 35.9 Å². The molecule has 0 saturated heterocycles. The van der Waals surface area contributed by atoms with Crippen LogP contribution in [-0.2, 0) is 0 Å². The van der Waals surface area contributed by atoms with Crippen molar-refractivity contribution in [2.45, 2.75) is 13.3 Å². The molecular weight excluding hydrogens is 284 g/mol. The Balaban J connectivity index is 2.37. The minimum absolute atomic E-state index is 0.193. The van der Waals surface area contributed by atoms with Crippen molar-refractivity contribution in [2.75, 3.05) is 11.4 Å². The summed E-state index contributed by atoms with van der Waals surface area (Å²) < 4.78 is 0. The van der Waals surface area contributed by atoms with Crippen LogP contribution in [0.2, 0.25) is 5.02 Å². The zero-order valence-corrected chi connectivity index (χ0v) is 12.5. The average Bonchev–Trinajstić information content (AvgIpc) is 2.48. The molecule has 0 unspecified atom stereocenters. The first-order valence-electron chi connectivity index (χ1n) is 6.63. The first kappa shape index (κ1) is 15.1. The molecular formula is C17H15ClN2O. The topological polar surface area (TPSA) is 44.1 Å². The molecule has 0 atom stereocenters. The number of aryl methyl sites for hydroxylation is 1. The summed E-state index contributed by atoms with van der Waals surface area (Å²) in [6, 6.07) is 16.7. The summed E-state index contributed by atoms with van der Waals surface area (Å²) in [5.74, 6) is -0.193. The second-order valence-electron chi connectivity index (χ2n) is 4.68. The molecule has 0 N–H and O–H groups in total. The quantitative estimate of drug-likeness (QED) is 0.848. The molecule has 2 aromatic carbocycles. The zero-order chi connectivity index (χ0) is 15.2. The lowest BCUT2D eigenvalue weighted by Crippen LogP contribution is -2.32. The van der Waals surface area contributed by atoms with E-state index in [-0.39, 0.29) is 12.3 Å². The van der Waals surface area contributed by atoms with Gasteiger partial charge in [-0.2, -0.15) is 5.26 Å². The van der Waals surface area contributed by atoms with Gasteiger partial charge in [0.05, 0.1) is 23.1 Å². The molecule has 0 radical (unpaired) electrons. The molecule has 0 spiro atoms. The van der Waals surface area contributed by atoms with Gasteiger partial charge >= 0.3 is 0 Å². The van der Waals surface area contributed by atoms with Crippen molar-refractivity contribution in [3.63, 3.8) is 0 Å². The van der Waals surface area contributed by atoms with E-state index in [4.69, 9.17) is 16.9 Å². The summed E-state index contributed by atoms with van der Waals surface area (Å²) in [4.78, 5) is 14.3. The van der Waals surface area contributed by atoms with Crippen LogP contribution in [0.5, 0.6) is 0 Å². The number of para-hydroxylation sites is 1. The van der Waals surface area contributed by atoms with Gasteiger partial charge in [-0.15, -0.1) is 0 Å². The number of hydrogen-bond acceptors (Lipinski definition) is 2. The summed E-state index contributed by atoms with van der Waals surface area (Å²) in [6.45, 7) is 2.26. The van der Waals surface area contributed by atoms with Crippen molar-refractivity contribution in [3.05, 3.63) is 64.7 Å². The van der Waals surface area contributed by atoms with Crippen LogP contribution in [0.3, 0.4) is 0 Å². The van der Waals surface area contributed by atoms with E-state index in [0.717, 1.165) is 11.3 Å². The van der Waals surface area contributed by atoms with Crippen molar-refractivity contribution in [1.29, 1.82) is 5.26 Å². The Labute approximate surface area is 129 Å². The number of nitrogens with zero attached hydrogens (tertiary/aromatic N) is 2. The number of benzene rings is 2. The van der Waals surface area contributed by atoms with Gasteiger partial charge in [0.1, 0.15) is 0 Å². The Morgan fingerprint density at radius 3 is 2.57 bits per heavy atom. The number of halogens is 1. The van der Waals surface area contributed by atoms with Crippen LogP contribution >= 0.6 is 11.6 Å². The van der Waals surface area contributed by atoms with Gasteiger partial charge in [0.25, 0.3) is 5.91 Å². The number of carbonyl (C=O) groups is 1. The molecule has 0 aliphatic carbocycles. The van der Waals surface area contributed by atoms with Crippen LogP contribution in [0.1, 0.15) is 22.3 Å². The van der Waals surface area contributed by atoms with Crippen molar-refractivity contribution in [1.82, 2.24) is 0 Å². The lowest BCUT2D eigenvalue weighted by atomic mass is 10.1. The standard InChI is InChI=1S/C17H15ClN2O/c1-13-8-9-15(16(18)12-13)17(21)20(11-5-10-19)14-6-3-2-4-7-14/h2-4,6-9,12H,5,11H2,1H3. The minimum Gasteiger partial charge on any atom is -0.307 e. The molecule has 4 heteroatoms. The molecule has 3 nitrogen and oxygen atoms in total. The fourth-order valence-electron chi connectivity index (χ4n) is 2.06. The predicted octanol–water partition coefficient (Wildman–Crippen LogP) is 4.21. The number of amides is 1. The molecule has 0 heterocycles. The molecule has 0 aromatic heterocycles. The normalized spacial score (nSPS) is 9.95. The van der Waals surface area contributed by atoms with E-state index in [2.05, 4.69) is 6.07 Å². The molecule has 2 rings (SSSR count). The summed E-state index contributed by atoms with van der Waals surface area (Å²) >= 11 is 6.18. The number of hydrogen-bond donors (Lipinski definition) is 0. The first-order valence-corrected chi connectivity index (χ1v) is 7.01. The van der Waals surface area contributed by atoms with Crippen LogP contribution in [0.15, 0.2) is 48.5 Å². The molecule has 106 valence electrons. The van der Waals surface area contributed by atoms with E-state index in [1.54, 1.807) is 17.0 Å². The van der Waals surface area contributed by atoms with Gasteiger partial charge in [0.15, 0.2) is 0 Å². The summed E-state index contributed by atoms with van der Waals surface area (Å²) in [5.41, 5.74) is 2.21. The maximum atomic E-state index is 12.7. The Hall–Kier alpha value is -2.31. The lowest BCUT2D eigenvalue weighted by Gasteiger charge is -2.22. The third-order valence-electron chi connectivity index (χ3n) is 3.12. The Morgan fingerprint density at radius 2 is 1.95 bits per heavy atom. The van der Waals surface area contributed by atoms with Crippen molar-refractivity contribution < 1.29 is 4.79 Å². The molecule has 2 aromatic rings. The Morgan fingerprint density at radius 1 is 1.24 bits per heavy atom. The molecule has 0 aliphatic heterocycles. The Bertz CT molecular complexity index is 677. The lowest BCUT2D eigenvalue weighted by molar-refractivity contribution is 0.0987. The van der Waals surface area contributed by atoms with Gasteiger partial charge < -0.3 is 4.90 Å². The second kappa shape index (κ2) is 6.92. The monoisotopic (exact) mass is 298 g/mol. The van der Waals surface area contributed by atoms with E-state index in [9.17, 15) is 4.79 Å². The fourth-order valence-corrected chi connectivity index (χ4v) is 2.37. The highest BCUT2D eigenvalue weighted by Crippen LogP contribution is 2.23. The van der Waals surface area contributed by atoms with Gasteiger partial charge in [0, 0.05) is 12.2 Å². The third kappa shape index (κ3) is 3.62. The molecule has 0 aliphatic rings. The van der Waals surface area contributed by atoms with Crippen LogP contribution in [0.25, 0.3) is 0 Å². The van der Waals surface area contributed by atoms with E-state index in [0.29, 0.717) is 17.1 Å². The third-order valence-corrected chi connectivity index (χ3v) is 3.43. The van der Waals surface area contributed by atoms with Gasteiger partial charge in [-0.25, -0.2) is 0 Å². The average molecular weight is 299 g/mol. The zero-order valence-electron chi connectivity index (χ0n) is 11.7. The predicted molar refractivity (Wildman–Crippen MR) is 84.5 cm³/mol. The summed E-state index contributed by atoms with van der Waals surface area (Å²) in [7, 11) is 0. The highest BCUT2D eigenvalue weighted by atomic mass is 35.5. The van der Waals surface area contributed by atoms with Gasteiger partial charge in [-0.05, 0) is 36.8 Å². The number of carbonyl (C=O) groups excluding carboxylic acids is 1. The van der Waals surface area contributed by atoms with Crippen molar-refractivity contribution in [3.8, 4) is 6.07 Å².